The van der Waals surface area contributed by atoms with E-state index in [4.69, 9.17) is 4.74 Å². The van der Waals surface area contributed by atoms with Gasteiger partial charge in [0.05, 0.1) is 29.1 Å². The van der Waals surface area contributed by atoms with Crippen molar-refractivity contribution in [2.24, 2.45) is 0 Å². The van der Waals surface area contributed by atoms with Crippen LogP contribution in [0.1, 0.15) is 10.4 Å². The van der Waals surface area contributed by atoms with Crippen LogP contribution in [0.15, 0.2) is 58.4 Å². The molecular formula is C19H15FN2O4S. The fraction of sp³-hybridized carbons (Fsp3) is 0.105. The standard InChI is InChI=1S/C19H15FN2O4S/c1-26-19(25)16-17(24)11-6-2-4-8-13(11)22-18(16)27-10-15(23)21-14-9-5-3-7-12(14)20/h2-9H,10H2,1H3,(H,21,23)(H,22,24). The highest BCUT2D eigenvalue weighted by atomic mass is 32.2. The van der Waals surface area contributed by atoms with Crippen molar-refractivity contribution in [3.63, 3.8) is 0 Å². The minimum absolute atomic E-state index is 0.0586. The van der Waals surface area contributed by atoms with Gasteiger partial charge in [0.25, 0.3) is 0 Å². The zero-order chi connectivity index (χ0) is 19.4. The molecule has 8 heteroatoms. The third kappa shape index (κ3) is 4.01. The summed E-state index contributed by atoms with van der Waals surface area (Å²) in [5, 5.41) is 3.01. The number of halogens is 1. The van der Waals surface area contributed by atoms with E-state index in [1.165, 1.54) is 25.3 Å². The molecular weight excluding hydrogens is 371 g/mol. The average Bonchev–Trinajstić information content (AvgIpc) is 2.68. The predicted octanol–water partition coefficient (Wildman–Crippen LogP) is 3.18. The first kappa shape index (κ1) is 18.7. The smallest absolute Gasteiger partial charge is 0.344 e. The van der Waals surface area contributed by atoms with E-state index in [9.17, 15) is 18.8 Å². The van der Waals surface area contributed by atoms with E-state index >= 15 is 0 Å². The van der Waals surface area contributed by atoms with E-state index in [2.05, 4.69) is 10.3 Å². The Morgan fingerprint density at radius 1 is 1.15 bits per heavy atom. The van der Waals surface area contributed by atoms with Crippen LogP contribution in [-0.2, 0) is 9.53 Å². The van der Waals surface area contributed by atoms with Gasteiger partial charge in [0.2, 0.25) is 11.3 Å². The molecule has 3 aromatic rings. The van der Waals surface area contributed by atoms with Crippen LogP contribution in [0, 0.1) is 5.82 Å². The number of para-hydroxylation sites is 2. The van der Waals surface area contributed by atoms with Crippen LogP contribution in [0.4, 0.5) is 10.1 Å². The summed E-state index contributed by atoms with van der Waals surface area (Å²) in [6, 6.07) is 12.5. The molecule has 1 amide bonds. The van der Waals surface area contributed by atoms with Gasteiger partial charge in [-0.3, -0.25) is 9.59 Å². The quantitative estimate of drug-likeness (QED) is 0.519. The van der Waals surface area contributed by atoms with Crippen molar-refractivity contribution >= 4 is 40.2 Å². The van der Waals surface area contributed by atoms with Gasteiger partial charge in [-0.2, -0.15) is 0 Å². The first-order valence-corrected chi connectivity index (χ1v) is 8.90. The highest BCUT2D eigenvalue weighted by molar-refractivity contribution is 8.00. The molecule has 3 rings (SSSR count). The number of hydrogen-bond donors (Lipinski definition) is 2. The molecule has 1 aromatic heterocycles. The molecule has 0 fully saturated rings. The number of aromatic nitrogens is 1. The van der Waals surface area contributed by atoms with E-state index in [1.807, 2.05) is 0 Å². The topological polar surface area (TPSA) is 88.3 Å². The molecule has 6 nitrogen and oxygen atoms in total. The summed E-state index contributed by atoms with van der Waals surface area (Å²) in [4.78, 5) is 39.8. The molecule has 0 spiro atoms. The summed E-state index contributed by atoms with van der Waals surface area (Å²) in [7, 11) is 1.18. The second-order valence-corrected chi connectivity index (χ2v) is 6.50. The van der Waals surface area contributed by atoms with E-state index in [1.54, 1.807) is 30.3 Å². The number of carbonyl (C=O) groups excluding carboxylic acids is 2. The molecule has 27 heavy (non-hydrogen) atoms. The zero-order valence-corrected chi connectivity index (χ0v) is 15.1. The van der Waals surface area contributed by atoms with Crippen LogP contribution in [0.3, 0.4) is 0 Å². The lowest BCUT2D eigenvalue weighted by Gasteiger charge is -2.10. The van der Waals surface area contributed by atoms with Crippen molar-refractivity contribution < 1.29 is 18.7 Å². The van der Waals surface area contributed by atoms with Crippen LogP contribution in [0.5, 0.6) is 0 Å². The minimum Gasteiger partial charge on any atom is -0.465 e. The number of methoxy groups -OCH3 is 1. The van der Waals surface area contributed by atoms with Gasteiger partial charge in [-0.05, 0) is 24.3 Å². The van der Waals surface area contributed by atoms with E-state index in [0.717, 1.165) is 11.8 Å². The molecule has 0 atom stereocenters. The number of esters is 1. The lowest BCUT2D eigenvalue weighted by atomic mass is 10.1. The molecule has 0 saturated carbocycles. The number of aromatic amines is 1. The maximum Gasteiger partial charge on any atom is 0.344 e. The number of amides is 1. The maximum atomic E-state index is 13.6. The van der Waals surface area contributed by atoms with Crippen molar-refractivity contribution in [3.05, 3.63) is 70.1 Å². The molecule has 0 aliphatic heterocycles. The van der Waals surface area contributed by atoms with E-state index in [-0.39, 0.29) is 22.0 Å². The van der Waals surface area contributed by atoms with Gasteiger partial charge in [-0.15, -0.1) is 0 Å². The second-order valence-electron chi connectivity index (χ2n) is 5.51. The molecule has 0 aliphatic rings. The van der Waals surface area contributed by atoms with E-state index < -0.39 is 23.1 Å². The molecule has 2 N–H and O–H groups in total. The van der Waals surface area contributed by atoms with Gasteiger partial charge in [0.15, 0.2) is 0 Å². The van der Waals surface area contributed by atoms with Crippen molar-refractivity contribution in [2.75, 3.05) is 18.2 Å². The predicted molar refractivity (Wildman–Crippen MR) is 102 cm³/mol. The van der Waals surface area contributed by atoms with Gasteiger partial charge in [-0.1, -0.05) is 36.0 Å². The number of fused-ring (bicyclic) bond motifs is 1. The summed E-state index contributed by atoms with van der Waals surface area (Å²) in [5.74, 6) is -1.95. The second kappa shape index (κ2) is 8.05. The average molecular weight is 386 g/mol. The molecule has 1 heterocycles. The van der Waals surface area contributed by atoms with E-state index in [0.29, 0.717) is 10.9 Å². The van der Waals surface area contributed by atoms with Crippen LogP contribution < -0.4 is 10.7 Å². The Hall–Kier alpha value is -3.13. The Labute approximate surface area is 157 Å². The normalized spacial score (nSPS) is 10.6. The number of thioether (sulfide) groups is 1. The Kier molecular flexibility index (Phi) is 5.56. The fourth-order valence-electron chi connectivity index (χ4n) is 2.50. The van der Waals surface area contributed by atoms with Gasteiger partial charge >= 0.3 is 5.97 Å². The number of H-pyrrole nitrogens is 1. The molecule has 0 bridgehead atoms. The Bertz CT molecular complexity index is 1080. The largest absolute Gasteiger partial charge is 0.465 e. The molecule has 138 valence electrons. The summed E-state index contributed by atoms with van der Waals surface area (Å²) >= 11 is 0.962. The number of hydrogen-bond acceptors (Lipinski definition) is 5. The van der Waals surface area contributed by atoms with Crippen LogP contribution in [-0.4, -0.2) is 29.7 Å². The summed E-state index contributed by atoms with van der Waals surface area (Å²) < 4.78 is 18.3. The SMILES string of the molecule is COC(=O)c1c(SCC(=O)Nc2ccccc2F)[nH]c2ccccc2c1=O. The van der Waals surface area contributed by atoms with Gasteiger partial charge < -0.3 is 15.0 Å². The molecule has 0 aliphatic carbocycles. The van der Waals surface area contributed by atoms with Gasteiger partial charge in [-0.25, -0.2) is 9.18 Å². The summed E-state index contributed by atoms with van der Waals surface area (Å²) in [6.07, 6.45) is 0. The van der Waals surface area contributed by atoms with Crippen molar-refractivity contribution in [3.8, 4) is 0 Å². The highest BCUT2D eigenvalue weighted by Gasteiger charge is 2.21. The van der Waals surface area contributed by atoms with Crippen LogP contribution >= 0.6 is 11.8 Å². The van der Waals surface area contributed by atoms with Crippen LogP contribution in [0.25, 0.3) is 10.9 Å². The first-order chi connectivity index (χ1) is 13.0. The monoisotopic (exact) mass is 386 g/mol. The third-order valence-electron chi connectivity index (χ3n) is 3.76. The third-order valence-corrected chi connectivity index (χ3v) is 4.76. The molecule has 2 aromatic carbocycles. The Balaban J connectivity index is 1.87. The molecule has 0 unspecified atom stereocenters. The van der Waals surface area contributed by atoms with Gasteiger partial charge in [0.1, 0.15) is 11.4 Å². The number of pyridine rings is 1. The number of nitrogens with one attached hydrogen (secondary N) is 2. The lowest BCUT2D eigenvalue weighted by molar-refractivity contribution is -0.113. The van der Waals surface area contributed by atoms with Crippen LogP contribution in [0.2, 0.25) is 0 Å². The Morgan fingerprint density at radius 3 is 2.59 bits per heavy atom. The number of ether oxygens (including phenoxy) is 1. The first-order valence-electron chi connectivity index (χ1n) is 7.91. The lowest BCUT2D eigenvalue weighted by Crippen LogP contribution is -2.20. The molecule has 0 saturated heterocycles. The van der Waals surface area contributed by atoms with Crippen molar-refractivity contribution in [2.45, 2.75) is 5.03 Å². The van der Waals surface area contributed by atoms with Gasteiger partial charge in [0, 0.05) is 5.39 Å². The Morgan fingerprint density at radius 2 is 1.85 bits per heavy atom. The maximum absolute atomic E-state index is 13.6. The van der Waals surface area contributed by atoms with Crippen molar-refractivity contribution in [1.82, 2.24) is 4.98 Å². The number of rotatable bonds is 5. The minimum atomic E-state index is -0.793. The zero-order valence-electron chi connectivity index (χ0n) is 14.2. The summed E-state index contributed by atoms with van der Waals surface area (Å²) in [5.41, 5.74) is -0.0523. The molecule has 0 radical (unpaired) electrons. The fourth-order valence-corrected chi connectivity index (χ4v) is 3.35. The number of carbonyl (C=O) groups is 2. The highest BCUT2D eigenvalue weighted by Crippen LogP contribution is 2.23. The summed E-state index contributed by atoms with van der Waals surface area (Å²) in [6.45, 7) is 0. The number of anilines is 1. The number of benzene rings is 2. The van der Waals surface area contributed by atoms with Crippen molar-refractivity contribution in [1.29, 1.82) is 0 Å².